The Morgan fingerprint density at radius 3 is 2.53 bits per heavy atom. The Kier molecular flexibility index (Phi) is 9.84. The smallest absolute Gasteiger partial charge is 0.344 e. The topological polar surface area (TPSA) is 131 Å². The van der Waals surface area contributed by atoms with Gasteiger partial charge in [0.2, 0.25) is 0 Å². The molecule has 2 aromatic rings. The lowest BCUT2D eigenvalue weighted by Crippen LogP contribution is -2.48. The second-order valence-electron chi connectivity index (χ2n) is 9.49. The molecule has 2 amide bonds. The number of nitrogens with one attached hydrogen (secondary N) is 1. The minimum absolute atomic E-state index is 0.0344. The number of carbonyl (C=O) groups is 3. The van der Waals surface area contributed by atoms with Crippen LogP contribution in [0.5, 0.6) is 0 Å². The number of hydrogen-bond acceptors (Lipinski definition) is 7. The van der Waals surface area contributed by atoms with Gasteiger partial charge in [0.1, 0.15) is 5.92 Å². The maximum absolute atomic E-state index is 13.1. The molecule has 0 aliphatic carbocycles. The predicted octanol–water partition coefficient (Wildman–Crippen LogP) is 4.53. The third-order valence-corrected chi connectivity index (χ3v) is 6.37. The number of benzene rings is 2. The van der Waals surface area contributed by atoms with E-state index in [2.05, 4.69) is 17.2 Å². The monoisotopic (exact) mass is 522 g/mol. The van der Waals surface area contributed by atoms with Crippen LogP contribution in [0.2, 0.25) is 0 Å². The first-order valence-electron chi connectivity index (χ1n) is 12.8. The quantitative estimate of drug-likeness (QED) is 0.142. The summed E-state index contributed by atoms with van der Waals surface area (Å²) >= 11 is 0. The van der Waals surface area contributed by atoms with Crippen molar-refractivity contribution in [2.24, 2.45) is 10.9 Å². The molecule has 202 valence electrons. The molecule has 0 saturated carbocycles. The predicted molar refractivity (Wildman–Crippen MR) is 143 cm³/mol. The summed E-state index contributed by atoms with van der Waals surface area (Å²) in [5, 5.41) is 14.5. The van der Waals surface area contributed by atoms with Crippen molar-refractivity contribution in [2.75, 3.05) is 19.6 Å². The van der Waals surface area contributed by atoms with Gasteiger partial charge in [0.25, 0.3) is 5.69 Å². The van der Waals surface area contributed by atoms with Crippen LogP contribution in [0, 0.1) is 16.0 Å². The fourth-order valence-corrected chi connectivity index (χ4v) is 4.45. The fraction of sp³-hybridized carbons (Fsp3) is 0.429. The molecule has 0 spiro atoms. The number of Topliss-reactive ketones (excluding diaryl/α,β-unsaturated/α-hetero) is 1. The Morgan fingerprint density at radius 1 is 1.18 bits per heavy atom. The molecule has 3 rings (SSSR count). The number of hydrogen-bond donors (Lipinski definition) is 1. The first-order chi connectivity index (χ1) is 18.1. The third kappa shape index (κ3) is 7.10. The van der Waals surface area contributed by atoms with Gasteiger partial charge >= 0.3 is 12.0 Å². The molecule has 10 nitrogen and oxygen atoms in total. The molecule has 0 saturated heterocycles. The number of nitrogens with zero attached hydrogens (tertiary/aromatic N) is 3. The number of nitro benzene ring substituents is 1. The maximum Gasteiger partial charge on any atom is 0.344 e. The third-order valence-electron chi connectivity index (χ3n) is 6.37. The lowest BCUT2D eigenvalue weighted by atomic mass is 9.86. The Morgan fingerprint density at radius 2 is 1.89 bits per heavy atom. The average Bonchev–Trinajstić information content (AvgIpc) is 2.88. The molecule has 38 heavy (non-hydrogen) atoms. The minimum Gasteiger partial charge on any atom is -0.462 e. The van der Waals surface area contributed by atoms with E-state index in [4.69, 9.17) is 4.74 Å². The fourth-order valence-electron chi connectivity index (χ4n) is 4.45. The molecular weight excluding hydrogens is 488 g/mol. The summed E-state index contributed by atoms with van der Waals surface area (Å²) in [4.78, 5) is 55.0. The van der Waals surface area contributed by atoms with E-state index >= 15 is 0 Å². The highest BCUT2D eigenvalue weighted by molar-refractivity contribution is 6.08. The number of aryl methyl sites for hydroxylation is 1. The number of amides is 2. The van der Waals surface area contributed by atoms with Gasteiger partial charge in [-0.15, -0.1) is 0 Å². The summed E-state index contributed by atoms with van der Waals surface area (Å²) in [5.74, 6) is -1.49. The summed E-state index contributed by atoms with van der Waals surface area (Å²) in [6.07, 6.45) is 0.991. The van der Waals surface area contributed by atoms with Crippen LogP contribution >= 0.6 is 0 Å². The Balaban J connectivity index is 1.74. The van der Waals surface area contributed by atoms with Crippen LogP contribution in [0.25, 0.3) is 0 Å². The molecule has 0 bridgehead atoms. The van der Waals surface area contributed by atoms with Crippen molar-refractivity contribution >= 4 is 29.2 Å². The summed E-state index contributed by atoms with van der Waals surface area (Å²) in [5.41, 5.74) is 2.39. The first kappa shape index (κ1) is 28.6. The van der Waals surface area contributed by atoms with Crippen molar-refractivity contribution < 1.29 is 24.0 Å². The molecule has 0 radical (unpaired) electrons. The second-order valence-corrected chi connectivity index (χ2v) is 9.49. The van der Waals surface area contributed by atoms with Crippen molar-refractivity contribution in [1.82, 2.24) is 10.2 Å². The molecule has 0 aromatic heterocycles. The summed E-state index contributed by atoms with van der Waals surface area (Å²) in [6.45, 7) is 7.90. The van der Waals surface area contributed by atoms with Gasteiger partial charge in [-0.1, -0.05) is 43.3 Å². The number of ketones is 1. The van der Waals surface area contributed by atoms with Crippen molar-refractivity contribution in [1.29, 1.82) is 0 Å². The van der Waals surface area contributed by atoms with Crippen molar-refractivity contribution in [3.05, 3.63) is 75.3 Å². The molecule has 1 aliphatic rings. The number of ether oxygens (including phenoxy) is 1. The zero-order valence-electron chi connectivity index (χ0n) is 22.2. The number of non-ortho nitro benzene ring substituents is 1. The standard InChI is InChI=1S/C28H34N4O6/c1-5-20-10-12-21(13-11-20)24(33)17-29-14-7-15-31-26(22-8-6-9-23(16-22)32(36)37)25(19(4)30-28(31)35)27(34)38-18(2)3/h6,8-13,16,18,25-26,29H,5,7,14-15,17H2,1-4H3. The van der Waals surface area contributed by atoms with Crippen LogP contribution in [0.4, 0.5) is 10.5 Å². The molecule has 2 unspecified atom stereocenters. The average molecular weight is 523 g/mol. The first-order valence-corrected chi connectivity index (χ1v) is 12.8. The Hall–Kier alpha value is -3.92. The van der Waals surface area contributed by atoms with Crippen LogP contribution < -0.4 is 5.32 Å². The van der Waals surface area contributed by atoms with Gasteiger partial charge in [-0.3, -0.25) is 19.7 Å². The summed E-state index contributed by atoms with van der Waals surface area (Å²) < 4.78 is 5.46. The van der Waals surface area contributed by atoms with Crippen LogP contribution in [0.15, 0.2) is 53.5 Å². The number of esters is 1. The van der Waals surface area contributed by atoms with Gasteiger partial charge in [-0.25, -0.2) is 9.79 Å². The lowest BCUT2D eigenvalue weighted by molar-refractivity contribution is -0.385. The molecule has 1 N–H and O–H groups in total. The van der Waals surface area contributed by atoms with E-state index in [1.54, 1.807) is 26.8 Å². The summed E-state index contributed by atoms with van der Waals surface area (Å²) in [7, 11) is 0. The van der Waals surface area contributed by atoms with Crippen LogP contribution in [-0.2, 0) is 16.0 Å². The van der Waals surface area contributed by atoms with E-state index in [-0.39, 0.29) is 30.7 Å². The molecule has 1 aliphatic heterocycles. The van der Waals surface area contributed by atoms with Gasteiger partial charge in [-0.2, -0.15) is 0 Å². The van der Waals surface area contributed by atoms with Crippen molar-refractivity contribution in [3.8, 4) is 0 Å². The summed E-state index contributed by atoms with van der Waals surface area (Å²) in [6, 6.07) is 12.1. The maximum atomic E-state index is 13.1. The normalized spacial score (nSPS) is 17.3. The van der Waals surface area contributed by atoms with Crippen LogP contribution in [-0.4, -0.2) is 59.1 Å². The number of carbonyl (C=O) groups excluding carboxylic acids is 3. The minimum atomic E-state index is -0.905. The Labute approximate surface area is 222 Å². The number of urea groups is 1. The van der Waals surface area contributed by atoms with Gasteiger partial charge in [-0.05, 0) is 51.3 Å². The zero-order chi connectivity index (χ0) is 27.8. The molecule has 2 atom stereocenters. The van der Waals surface area contributed by atoms with E-state index in [0.29, 0.717) is 29.8 Å². The molecule has 10 heteroatoms. The Bertz CT molecular complexity index is 1210. The number of aliphatic imine (C=N–C) groups is 1. The zero-order valence-corrected chi connectivity index (χ0v) is 22.2. The molecule has 0 fully saturated rings. The van der Waals surface area contributed by atoms with Gasteiger partial charge < -0.3 is 15.0 Å². The lowest BCUT2D eigenvalue weighted by Gasteiger charge is -2.38. The number of rotatable bonds is 12. The second kappa shape index (κ2) is 13.0. The molecular formula is C28H34N4O6. The van der Waals surface area contributed by atoms with E-state index < -0.39 is 28.9 Å². The van der Waals surface area contributed by atoms with Crippen molar-refractivity contribution in [3.63, 3.8) is 0 Å². The highest BCUT2D eigenvalue weighted by Gasteiger charge is 2.43. The van der Waals surface area contributed by atoms with Gasteiger partial charge in [0.05, 0.1) is 23.6 Å². The SMILES string of the molecule is CCc1ccc(C(=O)CNCCCN2C(=O)N=C(C)C(C(=O)OC(C)C)C2c2cccc([N+](=O)[O-])c2)cc1. The highest BCUT2D eigenvalue weighted by atomic mass is 16.6. The van der Waals surface area contributed by atoms with Crippen LogP contribution in [0.1, 0.15) is 61.6 Å². The molecule has 2 aromatic carbocycles. The van der Waals surface area contributed by atoms with Crippen molar-refractivity contribution in [2.45, 2.75) is 52.7 Å². The largest absolute Gasteiger partial charge is 0.462 e. The van der Waals surface area contributed by atoms with Crippen LogP contribution in [0.3, 0.4) is 0 Å². The number of nitro groups is 1. The van der Waals surface area contributed by atoms with Gasteiger partial charge in [0, 0.05) is 30.0 Å². The molecule has 1 heterocycles. The van der Waals surface area contributed by atoms with Gasteiger partial charge in [0.15, 0.2) is 5.78 Å². The van der Waals surface area contributed by atoms with E-state index in [0.717, 1.165) is 12.0 Å². The van der Waals surface area contributed by atoms with E-state index in [1.807, 2.05) is 24.3 Å². The van der Waals surface area contributed by atoms with E-state index in [9.17, 15) is 24.5 Å². The van der Waals surface area contributed by atoms with E-state index in [1.165, 1.54) is 23.1 Å². The highest BCUT2D eigenvalue weighted by Crippen LogP contribution is 2.36.